The minimum Gasteiger partial charge on any atom is -0.350 e. The lowest BCUT2D eigenvalue weighted by Gasteiger charge is -2.02. The third kappa shape index (κ3) is 3.89. The first-order valence-corrected chi connectivity index (χ1v) is 6.99. The van der Waals surface area contributed by atoms with Crippen LogP contribution in [0.15, 0.2) is 29.6 Å². The maximum atomic E-state index is 10.9. The number of carbonyl (C=O) groups excluding carboxylic acids is 2. The molecule has 0 saturated carbocycles. The SMILES string of the molecule is CC(=O)NCc1nc(-c2ccc(NC(C)=O)cc2)cs1. The molecule has 20 heavy (non-hydrogen) atoms. The number of hydrogen-bond donors (Lipinski definition) is 2. The Labute approximate surface area is 121 Å². The smallest absolute Gasteiger partial charge is 0.221 e. The van der Waals surface area contributed by atoms with E-state index in [1.165, 1.54) is 25.2 Å². The monoisotopic (exact) mass is 289 g/mol. The highest BCUT2D eigenvalue weighted by Crippen LogP contribution is 2.23. The molecule has 0 radical (unpaired) electrons. The molecule has 0 spiro atoms. The quantitative estimate of drug-likeness (QED) is 0.908. The second-order valence-corrected chi connectivity index (χ2v) is 5.24. The van der Waals surface area contributed by atoms with E-state index >= 15 is 0 Å². The minimum absolute atomic E-state index is 0.0681. The van der Waals surface area contributed by atoms with E-state index in [1.54, 1.807) is 0 Å². The number of amides is 2. The lowest BCUT2D eigenvalue weighted by Crippen LogP contribution is -2.18. The summed E-state index contributed by atoms with van der Waals surface area (Å²) in [4.78, 5) is 26.3. The first-order valence-electron chi connectivity index (χ1n) is 6.11. The van der Waals surface area contributed by atoms with Crippen LogP contribution in [-0.4, -0.2) is 16.8 Å². The van der Waals surface area contributed by atoms with E-state index in [9.17, 15) is 9.59 Å². The van der Waals surface area contributed by atoms with Gasteiger partial charge in [-0.25, -0.2) is 4.98 Å². The van der Waals surface area contributed by atoms with Crippen LogP contribution >= 0.6 is 11.3 Å². The molecule has 0 unspecified atom stereocenters. The predicted molar refractivity (Wildman–Crippen MR) is 79.4 cm³/mol. The van der Waals surface area contributed by atoms with Crippen molar-refractivity contribution in [3.8, 4) is 11.3 Å². The molecular weight excluding hydrogens is 274 g/mol. The number of hydrogen-bond acceptors (Lipinski definition) is 4. The number of benzene rings is 1. The molecule has 1 heterocycles. The Kier molecular flexibility index (Phi) is 4.47. The van der Waals surface area contributed by atoms with Gasteiger partial charge in [0.25, 0.3) is 0 Å². The van der Waals surface area contributed by atoms with Gasteiger partial charge in [-0.05, 0) is 12.1 Å². The van der Waals surface area contributed by atoms with Crippen LogP contribution in [-0.2, 0) is 16.1 Å². The fraction of sp³-hybridized carbons (Fsp3) is 0.214. The van der Waals surface area contributed by atoms with Crippen molar-refractivity contribution >= 4 is 28.8 Å². The number of nitrogens with one attached hydrogen (secondary N) is 2. The van der Waals surface area contributed by atoms with Gasteiger partial charge in [0.05, 0.1) is 12.2 Å². The summed E-state index contributed by atoms with van der Waals surface area (Å²) in [6, 6.07) is 7.48. The zero-order valence-electron chi connectivity index (χ0n) is 11.3. The van der Waals surface area contributed by atoms with Crippen LogP contribution in [0.25, 0.3) is 11.3 Å². The van der Waals surface area contributed by atoms with Crippen molar-refractivity contribution in [2.45, 2.75) is 20.4 Å². The Bertz CT molecular complexity index is 620. The molecule has 2 amide bonds. The fourth-order valence-electron chi connectivity index (χ4n) is 1.65. The molecule has 6 heteroatoms. The van der Waals surface area contributed by atoms with Crippen molar-refractivity contribution in [1.29, 1.82) is 0 Å². The number of anilines is 1. The zero-order chi connectivity index (χ0) is 14.5. The summed E-state index contributed by atoms with van der Waals surface area (Å²) in [5.41, 5.74) is 2.60. The van der Waals surface area contributed by atoms with Gasteiger partial charge in [-0.3, -0.25) is 9.59 Å². The summed E-state index contributed by atoms with van der Waals surface area (Å²) in [5, 5.41) is 8.25. The lowest BCUT2D eigenvalue weighted by molar-refractivity contribution is -0.119. The van der Waals surface area contributed by atoms with E-state index in [-0.39, 0.29) is 11.8 Å². The van der Waals surface area contributed by atoms with E-state index < -0.39 is 0 Å². The first-order chi connectivity index (χ1) is 9.54. The second kappa shape index (κ2) is 6.29. The Balaban J connectivity index is 2.07. The van der Waals surface area contributed by atoms with Crippen molar-refractivity contribution in [2.75, 3.05) is 5.32 Å². The molecule has 0 aliphatic heterocycles. The van der Waals surface area contributed by atoms with Gasteiger partial charge in [0.2, 0.25) is 11.8 Å². The second-order valence-electron chi connectivity index (χ2n) is 4.29. The van der Waals surface area contributed by atoms with Gasteiger partial charge in [0.15, 0.2) is 0 Å². The van der Waals surface area contributed by atoms with Gasteiger partial charge in [0.1, 0.15) is 5.01 Å². The first kappa shape index (κ1) is 14.2. The van der Waals surface area contributed by atoms with Crippen LogP contribution in [0.3, 0.4) is 0 Å². The molecule has 2 rings (SSSR count). The van der Waals surface area contributed by atoms with Crippen molar-refractivity contribution in [3.63, 3.8) is 0 Å². The molecular formula is C14H15N3O2S. The Morgan fingerprint density at radius 1 is 1.15 bits per heavy atom. The van der Waals surface area contributed by atoms with Crippen molar-refractivity contribution in [3.05, 3.63) is 34.7 Å². The Morgan fingerprint density at radius 3 is 2.45 bits per heavy atom. The standard InChI is InChI=1S/C14H15N3O2S/c1-9(18)15-7-14-17-13(8-20-14)11-3-5-12(6-4-11)16-10(2)19/h3-6,8H,7H2,1-2H3,(H,15,18)(H,16,19). The summed E-state index contributed by atoms with van der Waals surface area (Å²) in [5.74, 6) is -0.162. The molecule has 0 aliphatic carbocycles. The van der Waals surface area contributed by atoms with Gasteiger partial charge in [-0.2, -0.15) is 0 Å². The Morgan fingerprint density at radius 2 is 1.85 bits per heavy atom. The maximum Gasteiger partial charge on any atom is 0.221 e. The third-order valence-electron chi connectivity index (χ3n) is 2.54. The highest BCUT2D eigenvalue weighted by atomic mass is 32.1. The van der Waals surface area contributed by atoms with Crippen LogP contribution < -0.4 is 10.6 Å². The molecule has 0 saturated heterocycles. The number of nitrogens with zero attached hydrogens (tertiary/aromatic N) is 1. The van der Waals surface area contributed by atoms with E-state index in [1.807, 2.05) is 29.6 Å². The van der Waals surface area contributed by atoms with Gasteiger partial charge < -0.3 is 10.6 Å². The number of carbonyl (C=O) groups is 2. The van der Waals surface area contributed by atoms with Gasteiger partial charge in [-0.15, -0.1) is 11.3 Å². The molecule has 2 aromatic rings. The lowest BCUT2D eigenvalue weighted by atomic mass is 10.1. The summed E-state index contributed by atoms with van der Waals surface area (Å²) < 4.78 is 0. The van der Waals surface area contributed by atoms with Crippen molar-refractivity contribution < 1.29 is 9.59 Å². The van der Waals surface area contributed by atoms with Crippen LogP contribution in [0.2, 0.25) is 0 Å². The van der Waals surface area contributed by atoms with E-state index in [2.05, 4.69) is 15.6 Å². The van der Waals surface area contributed by atoms with E-state index in [4.69, 9.17) is 0 Å². The predicted octanol–water partition coefficient (Wildman–Crippen LogP) is 2.40. The van der Waals surface area contributed by atoms with Crippen LogP contribution in [0, 0.1) is 0 Å². The molecule has 1 aromatic carbocycles. The highest BCUT2D eigenvalue weighted by Gasteiger charge is 2.05. The topological polar surface area (TPSA) is 71.1 Å². The summed E-state index contributed by atoms with van der Waals surface area (Å²) >= 11 is 1.51. The van der Waals surface area contributed by atoms with Gasteiger partial charge in [0, 0.05) is 30.5 Å². The van der Waals surface area contributed by atoms with Gasteiger partial charge >= 0.3 is 0 Å². The summed E-state index contributed by atoms with van der Waals surface area (Å²) in [7, 11) is 0. The van der Waals surface area contributed by atoms with Crippen LogP contribution in [0.1, 0.15) is 18.9 Å². The van der Waals surface area contributed by atoms with E-state index in [0.717, 1.165) is 22.0 Å². The van der Waals surface area contributed by atoms with E-state index in [0.29, 0.717) is 6.54 Å². The molecule has 104 valence electrons. The average molecular weight is 289 g/mol. The Hall–Kier alpha value is -2.21. The largest absolute Gasteiger partial charge is 0.350 e. The fourth-order valence-corrected chi connectivity index (χ4v) is 2.40. The summed E-state index contributed by atoms with van der Waals surface area (Å²) in [6.07, 6.45) is 0. The third-order valence-corrected chi connectivity index (χ3v) is 3.39. The number of thiazole rings is 1. The molecule has 1 aromatic heterocycles. The van der Waals surface area contributed by atoms with Gasteiger partial charge in [-0.1, -0.05) is 12.1 Å². The maximum absolute atomic E-state index is 10.9. The molecule has 0 bridgehead atoms. The normalized spacial score (nSPS) is 10.1. The minimum atomic E-state index is -0.0935. The zero-order valence-corrected chi connectivity index (χ0v) is 12.1. The van der Waals surface area contributed by atoms with Crippen molar-refractivity contribution in [1.82, 2.24) is 10.3 Å². The molecule has 0 aliphatic rings. The van der Waals surface area contributed by atoms with Crippen molar-refractivity contribution in [2.24, 2.45) is 0 Å². The highest BCUT2D eigenvalue weighted by molar-refractivity contribution is 7.09. The number of rotatable bonds is 4. The molecule has 2 N–H and O–H groups in total. The van der Waals surface area contributed by atoms with Crippen LogP contribution in [0.5, 0.6) is 0 Å². The number of aromatic nitrogens is 1. The molecule has 5 nitrogen and oxygen atoms in total. The summed E-state index contributed by atoms with van der Waals surface area (Å²) in [6.45, 7) is 3.40. The van der Waals surface area contributed by atoms with Crippen LogP contribution in [0.4, 0.5) is 5.69 Å². The molecule has 0 fully saturated rings. The average Bonchev–Trinajstić information content (AvgIpc) is 2.85. The molecule has 0 atom stereocenters.